The second-order valence-corrected chi connectivity index (χ2v) is 7.89. The van der Waals surface area contributed by atoms with Crippen molar-refractivity contribution < 1.29 is 4.74 Å². The van der Waals surface area contributed by atoms with Gasteiger partial charge in [0.15, 0.2) is 0 Å². The van der Waals surface area contributed by atoms with E-state index in [0.29, 0.717) is 6.61 Å². The first-order valence-corrected chi connectivity index (χ1v) is 9.72. The van der Waals surface area contributed by atoms with Gasteiger partial charge in [0.1, 0.15) is 12.4 Å². The Morgan fingerprint density at radius 2 is 1.76 bits per heavy atom. The fraction of sp³-hybridized carbons (Fsp3) is 0.308. The molecule has 2 nitrogen and oxygen atoms in total. The van der Waals surface area contributed by atoms with Crippen LogP contribution in [0.3, 0.4) is 0 Å². The molecule has 0 N–H and O–H groups in total. The van der Waals surface area contributed by atoms with Crippen LogP contribution >= 0.6 is 12.4 Å². The van der Waals surface area contributed by atoms with E-state index >= 15 is 0 Å². The minimum absolute atomic E-state index is 0. The van der Waals surface area contributed by atoms with E-state index in [9.17, 15) is 0 Å². The molecular weight excluding hydrogens is 378 g/mol. The molecule has 0 aliphatic heterocycles. The number of ether oxygens (including phenoxy) is 1. The van der Waals surface area contributed by atoms with Crippen LogP contribution in [0.25, 0.3) is 6.08 Å². The topological polar surface area (TPSA) is 12.5 Å². The number of halogens is 1. The molecule has 0 aliphatic carbocycles. The SMILES string of the molecule is CN(CC=CC#CC(C)(C)C)Cc1cccc(OCC=Cc2ccccc2)c1.Cl. The van der Waals surface area contributed by atoms with Gasteiger partial charge < -0.3 is 4.74 Å². The minimum Gasteiger partial charge on any atom is -0.490 e. The van der Waals surface area contributed by atoms with E-state index < -0.39 is 0 Å². The van der Waals surface area contributed by atoms with Gasteiger partial charge in [-0.05, 0) is 63.2 Å². The normalized spacial score (nSPS) is 11.3. The lowest BCUT2D eigenvalue weighted by molar-refractivity contribution is 0.353. The van der Waals surface area contributed by atoms with E-state index in [1.807, 2.05) is 42.5 Å². The monoisotopic (exact) mass is 409 g/mol. The van der Waals surface area contributed by atoms with E-state index in [-0.39, 0.29) is 17.8 Å². The van der Waals surface area contributed by atoms with E-state index in [1.165, 1.54) is 11.1 Å². The highest BCUT2D eigenvalue weighted by atomic mass is 35.5. The molecule has 0 spiro atoms. The fourth-order valence-corrected chi connectivity index (χ4v) is 2.55. The summed E-state index contributed by atoms with van der Waals surface area (Å²) < 4.78 is 5.86. The molecule has 2 aromatic carbocycles. The summed E-state index contributed by atoms with van der Waals surface area (Å²) >= 11 is 0. The van der Waals surface area contributed by atoms with Crippen molar-refractivity contribution >= 4 is 18.5 Å². The van der Waals surface area contributed by atoms with Crippen LogP contribution in [0.1, 0.15) is 31.9 Å². The third-order valence-corrected chi connectivity index (χ3v) is 3.87. The quantitative estimate of drug-likeness (QED) is 0.478. The van der Waals surface area contributed by atoms with Crippen LogP contribution in [-0.4, -0.2) is 25.1 Å². The van der Waals surface area contributed by atoms with Gasteiger partial charge in [-0.3, -0.25) is 4.90 Å². The summed E-state index contributed by atoms with van der Waals surface area (Å²) in [6.45, 7) is 8.65. The molecule has 2 aromatic rings. The maximum atomic E-state index is 5.86. The van der Waals surface area contributed by atoms with Crippen LogP contribution in [0.15, 0.2) is 72.8 Å². The summed E-state index contributed by atoms with van der Waals surface area (Å²) in [4.78, 5) is 2.25. The summed E-state index contributed by atoms with van der Waals surface area (Å²) in [5.41, 5.74) is 2.47. The van der Waals surface area contributed by atoms with Crippen LogP contribution in [-0.2, 0) is 6.54 Å². The third kappa shape index (κ3) is 11.2. The largest absolute Gasteiger partial charge is 0.490 e. The number of rotatable bonds is 8. The van der Waals surface area contributed by atoms with Crippen LogP contribution in [0.2, 0.25) is 0 Å². The molecule has 0 saturated carbocycles. The highest BCUT2D eigenvalue weighted by molar-refractivity contribution is 5.85. The Morgan fingerprint density at radius 3 is 2.48 bits per heavy atom. The molecule has 154 valence electrons. The number of hydrogen-bond acceptors (Lipinski definition) is 2. The number of hydrogen-bond donors (Lipinski definition) is 0. The molecule has 0 fully saturated rings. The molecule has 0 radical (unpaired) electrons. The molecule has 29 heavy (non-hydrogen) atoms. The minimum atomic E-state index is 0. The second kappa shape index (κ2) is 12.9. The summed E-state index contributed by atoms with van der Waals surface area (Å²) in [6, 6.07) is 18.5. The Hall–Kier alpha value is -2.47. The summed E-state index contributed by atoms with van der Waals surface area (Å²) in [6.07, 6.45) is 8.16. The number of nitrogens with zero attached hydrogens (tertiary/aromatic N) is 1. The zero-order valence-corrected chi connectivity index (χ0v) is 18.7. The lowest BCUT2D eigenvalue weighted by atomic mass is 9.98. The first-order valence-electron chi connectivity index (χ1n) is 9.72. The van der Waals surface area contributed by atoms with Crippen LogP contribution in [0, 0.1) is 17.3 Å². The van der Waals surface area contributed by atoms with Crippen LogP contribution in [0.5, 0.6) is 5.75 Å². The molecule has 0 aliphatic rings. The van der Waals surface area contributed by atoms with Crippen molar-refractivity contribution in [2.75, 3.05) is 20.2 Å². The van der Waals surface area contributed by atoms with Gasteiger partial charge in [-0.15, -0.1) is 12.4 Å². The van der Waals surface area contributed by atoms with Gasteiger partial charge in [0.05, 0.1) is 0 Å². The summed E-state index contributed by atoms with van der Waals surface area (Å²) in [5, 5.41) is 0. The predicted molar refractivity (Wildman–Crippen MR) is 127 cm³/mol. The van der Waals surface area contributed by atoms with Gasteiger partial charge in [-0.2, -0.15) is 0 Å². The maximum absolute atomic E-state index is 5.86. The third-order valence-electron chi connectivity index (χ3n) is 3.87. The molecule has 0 aromatic heterocycles. The predicted octanol–water partition coefficient (Wildman–Crippen LogP) is 6.24. The zero-order chi connectivity index (χ0) is 20.2. The van der Waals surface area contributed by atoms with Gasteiger partial charge in [-0.1, -0.05) is 66.5 Å². The first-order chi connectivity index (χ1) is 13.4. The van der Waals surface area contributed by atoms with E-state index in [0.717, 1.165) is 18.8 Å². The Labute approximate surface area is 182 Å². The average Bonchev–Trinajstić information content (AvgIpc) is 2.65. The van der Waals surface area contributed by atoms with Crippen molar-refractivity contribution in [1.82, 2.24) is 4.90 Å². The lowest BCUT2D eigenvalue weighted by Gasteiger charge is -2.15. The van der Waals surface area contributed by atoms with E-state index in [2.05, 4.69) is 81.0 Å². The van der Waals surface area contributed by atoms with Crippen molar-refractivity contribution in [2.24, 2.45) is 5.41 Å². The molecule has 0 amide bonds. The number of likely N-dealkylation sites (N-methyl/N-ethyl adjacent to an activating group) is 1. The van der Waals surface area contributed by atoms with Crippen LogP contribution < -0.4 is 4.74 Å². The lowest BCUT2D eigenvalue weighted by Crippen LogP contribution is -2.17. The van der Waals surface area contributed by atoms with Crippen molar-refractivity contribution in [3.63, 3.8) is 0 Å². The molecule has 2 rings (SSSR count). The van der Waals surface area contributed by atoms with Gasteiger partial charge in [0.2, 0.25) is 0 Å². The second-order valence-electron chi connectivity index (χ2n) is 7.89. The number of benzene rings is 2. The van der Waals surface area contributed by atoms with Crippen molar-refractivity contribution in [3.8, 4) is 17.6 Å². The molecule has 0 atom stereocenters. The van der Waals surface area contributed by atoms with Crippen molar-refractivity contribution in [3.05, 3.63) is 84.0 Å². The maximum Gasteiger partial charge on any atom is 0.120 e. The molecule has 0 bridgehead atoms. The highest BCUT2D eigenvalue weighted by Crippen LogP contribution is 2.15. The Morgan fingerprint density at radius 1 is 1.00 bits per heavy atom. The zero-order valence-electron chi connectivity index (χ0n) is 17.9. The molecule has 3 heteroatoms. The summed E-state index contributed by atoms with van der Waals surface area (Å²) in [7, 11) is 2.11. The molecule has 0 saturated heterocycles. The average molecular weight is 410 g/mol. The van der Waals surface area contributed by atoms with Gasteiger partial charge in [0.25, 0.3) is 0 Å². The van der Waals surface area contributed by atoms with E-state index in [1.54, 1.807) is 0 Å². The smallest absolute Gasteiger partial charge is 0.120 e. The van der Waals surface area contributed by atoms with Crippen LogP contribution in [0.4, 0.5) is 0 Å². The molecule has 0 heterocycles. The molecule has 0 unspecified atom stereocenters. The van der Waals surface area contributed by atoms with Gasteiger partial charge >= 0.3 is 0 Å². The van der Waals surface area contributed by atoms with Gasteiger partial charge in [0, 0.05) is 18.5 Å². The number of allylic oxidation sites excluding steroid dienone is 1. The van der Waals surface area contributed by atoms with Gasteiger partial charge in [-0.25, -0.2) is 0 Å². The fourth-order valence-electron chi connectivity index (χ4n) is 2.55. The van der Waals surface area contributed by atoms with Crippen molar-refractivity contribution in [1.29, 1.82) is 0 Å². The standard InChI is InChI=1S/C26H31NO.ClH/c1-26(2,3)18-9-6-10-19-27(4)22-24-15-11-17-25(21-24)28-20-12-16-23-13-7-5-8-14-23;/h5-8,10-17,21H,19-20,22H2,1-4H3;1H. The van der Waals surface area contributed by atoms with Crippen molar-refractivity contribution in [2.45, 2.75) is 27.3 Å². The Kier molecular flexibility index (Phi) is 10.9. The highest BCUT2D eigenvalue weighted by Gasteiger charge is 2.02. The summed E-state index contributed by atoms with van der Waals surface area (Å²) in [5.74, 6) is 7.22. The Balaban J connectivity index is 0.00000420. The van der Waals surface area contributed by atoms with E-state index in [4.69, 9.17) is 4.74 Å². The Bertz CT molecular complexity index is 838. The molecular formula is C26H32ClNO. The first kappa shape index (κ1) is 24.6.